The third-order valence-electron chi connectivity index (χ3n) is 5.46. The van der Waals surface area contributed by atoms with Gasteiger partial charge in [0.05, 0.1) is 6.54 Å². The molecule has 3 aromatic rings. The van der Waals surface area contributed by atoms with Gasteiger partial charge >= 0.3 is 0 Å². The molecule has 1 saturated heterocycles. The molecule has 0 unspecified atom stereocenters. The quantitative estimate of drug-likeness (QED) is 0.699. The highest BCUT2D eigenvalue weighted by molar-refractivity contribution is 6.04. The second-order valence-corrected chi connectivity index (χ2v) is 7.67. The molecule has 1 aliphatic rings. The molecule has 2 aromatic carbocycles. The zero-order chi connectivity index (χ0) is 20.1. The molecule has 1 fully saturated rings. The fraction of sp³-hybridized carbons (Fsp3) is 0.364. The minimum Gasteiger partial charge on any atom is -0.322 e. The lowest BCUT2D eigenvalue weighted by Crippen LogP contribution is -2.36. The van der Waals surface area contributed by atoms with E-state index in [9.17, 15) is 4.79 Å². The topological polar surface area (TPSA) is 75.9 Å². The number of nitrogens with zero attached hydrogens (tertiary/aromatic N) is 5. The number of tetrazole rings is 1. The van der Waals surface area contributed by atoms with Crippen molar-refractivity contribution in [2.45, 2.75) is 45.3 Å². The predicted molar refractivity (Wildman–Crippen MR) is 111 cm³/mol. The minimum absolute atomic E-state index is 0.109. The van der Waals surface area contributed by atoms with Gasteiger partial charge in [0.2, 0.25) is 0 Å². The molecular formula is C22H26N6O. The van der Waals surface area contributed by atoms with E-state index in [1.807, 2.05) is 36.4 Å². The van der Waals surface area contributed by atoms with Crippen LogP contribution in [0.2, 0.25) is 0 Å². The molecule has 1 atom stereocenters. The minimum atomic E-state index is -0.109. The number of carbonyl (C=O) groups is 1. The fourth-order valence-corrected chi connectivity index (χ4v) is 3.78. The summed E-state index contributed by atoms with van der Waals surface area (Å²) in [6, 6.07) is 16.3. The van der Waals surface area contributed by atoms with Gasteiger partial charge < -0.3 is 5.32 Å². The number of carbonyl (C=O) groups excluding carboxylic acids is 1. The van der Waals surface area contributed by atoms with Crippen molar-refractivity contribution in [2.24, 2.45) is 0 Å². The Morgan fingerprint density at radius 1 is 1.10 bits per heavy atom. The maximum atomic E-state index is 12.6. The number of rotatable bonds is 6. The largest absolute Gasteiger partial charge is 0.322 e. The van der Waals surface area contributed by atoms with Crippen LogP contribution in [0.3, 0.4) is 0 Å². The summed E-state index contributed by atoms with van der Waals surface area (Å²) in [5.74, 6) is -0.109. The number of anilines is 1. The number of benzene rings is 2. The highest BCUT2D eigenvalue weighted by atomic mass is 16.1. The molecule has 1 aliphatic heterocycles. The Hall–Kier alpha value is -3.06. The van der Waals surface area contributed by atoms with Crippen LogP contribution in [-0.4, -0.2) is 43.6 Å². The van der Waals surface area contributed by atoms with E-state index in [-0.39, 0.29) is 5.91 Å². The van der Waals surface area contributed by atoms with Gasteiger partial charge in [0, 0.05) is 23.8 Å². The van der Waals surface area contributed by atoms with Crippen molar-refractivity contribution in [1.29, 1.82) is 0 Å². The molecule has 1 N–H and O–H groups in total. The molecule has 0 radical (unpaired) electrons. The van der Waals surface area contributed by atoms with E-state index in [1.165, 1.54) is 24.8 Å². The summed E-state index contributed by atoms with van der Waals surface area (Å²) < 4.78 is 1.64. The van der Waals surface area contributed by atoms with Crippen LogP contribution < -0.4 is 5.32 Å². The molecule has 29 heavy (non-hydrogen) atoms. The molecule has 7 heteroatoms. The normalized spacial score (nSPS) is 17.2. The van der Waals surface area contributed by atoms with E-state index < -0.39 is 0 Å². The first kappa shape index (κ1) is 19.3. The van der Waals surface area contributed by atoms with Crippen molar-refractivity contribution < 1.29 is 4.79 Å². The monoisotopic (exact) mass is 390 g/mol. The Kier molecular flexibility index (Phi) is 5.95. The molecular weight excluding hydrogens is 364 g/mol. The van der Waals surface area contributed by atoms with Gasteiger partial charge in [-0.1, -0.05) is 30.7 Å². The SMILES string of the molecule is C[C@@H]1CCCCN1Cc1cccc(NC(=O)c2ccc(Cn3cnnn3)cc2)c1. The summed E-state index contributed by atoms with van der Waals surface area (Å²) in [6.45, 7) is 4.95. The third-order valence-corrected chi connectivity index (χ3v) is 5.46. The number of aromatic nitrogens is 4. The van der Waals surface area contributed by atoms with Crippen LogP contribution in [-0.2, 0) is 13.1 Å². The average molecular weight is 390 g/mol. The van der Waals surface area contributed by atoms with Gasteiger partial charge in [-0.3, -0.25) is 9.69 Å². The predicted octanol–water partition coefficient (Wildman–Crippen LogP) is 3.35. The molecule has 2 heterocycles. The Balaban J connectivity index is 1.37. The van der Waals surface area contributed by atoms with E-state index in [0.717, 1.165) is 24.3 Å². The first-order valence-corrected chi connectivity index (χ1v) is 10.1. The lowest BCUT2D eigenvalue weighted by atomic mass is 10.0. The zero-order valence-corrected chi connectivity index (χ0v) is 16.7. The van der Waals surface area contributed by atoms with Crippen LogP contribution in [0.15, 0.2) is 54.9 Å². The summed E-state index contributed by atoms with van der Waals surface area (Å²) in [7, 11) is 0. The number of nitrogens with one attached hydrogen (secondary N) is 1. The van der Waals surface area contributed by atoms with Crippen molar-refractivity contribution in [2.75, 3.05) is 11.9 Å². The van der Waals surface area contributed by atoms with Crippen molar-refractivity contribution in [3.05, 3.63) is 71.5 Å². The molecule has 1 aromatic heterocycles. The summed E-state index contributed by atoms with van der Waals surface area (Å²) in [4.78, 5) is 15.2. The Morgan fingerprint density at radius 2 is 1.97 bits per heavy atom. The van der Waals surface area contributed by atoms with Crippen molar-refractivity contribution in [3.63, 3.8) is 0 Å². The lowest BCUT2D eigenvalue weighted by Gasteiger charge is -2.33. The van der Waals surface area contributed by atoms with E-state index in [0.29, 0.717) is 18.2 Å². The van der Waals surface area contributed by atoms with Gasteiger partial charge in [-0.15, -0.1) is 5.10 Å². The van der Waals surface area contributed by atoms with Crippen molar-refractivity contribution >= 4 is 11.6 Å². The number of hydrogen-bond acceptors (Lipinski definition) is 5. The zero-order valence-electron chi connectivity index (χ0n) is 16.7. The van der Waals surface area contributed by atoms with Crippen LogP contribution >= 0.6 is 0 Å². The lowest BCUT2D eigenvalue weighted by molar-refractivity contribution is 0.102. The molecule has 0 spiro atoms. The molecule has 4 rings (SSSR count). The van der Waals surface area contributed by atoms with Crippen LogP contribution in [0.5, 0.6) is 0 Å². The first-order valence-electron chi connectivity index (χ1n) is 10.1. The Bertz CT molecular complexity index is 938. The van der Waals surface area contributed by atoms with Gasteiger partial charge in [-0.25, -0.2) is 4.68 Å². The third kappa shape index (κ3) is 5.06. The first-order chi connectivity index (χ1) is 14.2. The molecule has 1 amide bonds. The van der Waals surface area contributed by atoms with Gasteiger partial charge in [0.15, 0.2) is 0 Å². The number of hydrogen-bond donors (Lipinski definition) is 1. The van der Waals surface area contributed by atoms with Crippen LogP contribution in [0.4, 0.5) is 5.69 Å². The maximum absolute atomic E-state index is 12.6. The van der Waals surface area contributed by atoms with Gasteiger partial charge in [-0.2, -0.15) is 0 Å². The summed E-state index contributed by atoms with van der Waals surface area (Å²) in [5.41, 5.74) is 3.72. The number of likely N-dealkylation sites (tertiary alicyclic amines) is 1. The summed E-state index contributed by atoms with van der Waals surface area (Å²) in [6.07, 6.45) is 5.42. The molecule has 0 saturated carbocycles. The van der Waals surface area contributed by atoms with Crippen molar-refractivity contribution in [3.8, 4) is 0 Å². The Morgan fingerprint density at radius 3 is 2.72 bits per heavy atom. The molecule has 0 aliphatic carbocycles. The second kappa shape index (κ2) is 8.96. The number of piperidine rings is 1. The highest BCUT2D eigenvalue weighted by Crippen LogP contribution is 2.21. The van der Waals surface area contributed by atoms with E-state index in [4.69, 9.17) is 0 Å². The maximum Gasteiger partial charge on any atom is 0.255 e. The molecule has 150 valence electrons. The number of amides is 1. The van der Waals surface area contributed by atoms with E-state index in [2.05, 4.69) is 44.8 Å². The van der Waals surface area contributed by atoms with Crippen molar-refractivity contribution in [1.82, 2.24) is 25.1 Å². The standard InChI is InChI=1S/C22H26N6O/c1-17-5-2-3-12-27(17)14-19-6-4-7-21(13-19)24-22(29)20-10-8-18(9-11-20)15-28-16-23-25-26-28/h4,6-11,13,16-17H,2-3,5,12,14-15H2,1H3,(H,24,29)/t17-/m1/s1. The van der Waals surface area contributed by atoms with Crippen LogP contribution in [0.25, 0.3) is 0 Å². The highest BCUT2D eigenvalue weighted by Gasteiger charge is 2.18. The second-order valence-electron chi connectivity index (χ2n) is 7.67. The summed E-state index contributed by atoms with van der Waals surface area (Å²) in [5, 5.41) is 14.1. The van der Waals surface area contributed by atoms with Crippen LogP contribution in [0.1, 0.15) is 47.7 Å². The van der Waals surface area contributed by atoms with Gasteiger partial charge in [0.1, 0.15) is 6.33 Å². The van der Waals surface area contributed by atoms with Gasteiger partial charge in [0.25, 0.3) is 5.91 Å². The summed E-state index contributed by atoms with van der Waals surface area (Å²) >= 11 is 0. The Labute approximate surface area is 170 Å². The van der Waals surface area contributed by atoms with Gasteiger partial charge in [-0.05, 0) is 72.1 Å². The van der Waals surface area contributed by atoms with Crippen LogP contribution in [0, 0.1) is 0 Å². The van der Waals surface area contributed by atoms with E-state index in [1.54, 1.807) is 11.0 Å². The average Bonchev–Trinajstić information content (AvgIpc) is 3.24. The molecule has 0 bridgehead atoms. The fourth-order valence-electron chi connectivity index (χ4n) is 3.78. The molecule has 7 nitrogen and oxygen atoms in total. The van der Waals surface area contributed by atoms with E-state index >= 15 is 0 Å². The smallest absolute Gasteiger partial charge is 0.255 e.